The Morgan fingerprint density at radius 3 is 2.62 bits per heavy atom. The number of pyridine rings is 1. The number of anilines is 1. The van der Waals surface area contributed by atoms with Crippen molar-refractivity contribution in [3.8, 4) is 11.3 Å². The fourth-order valence-corrected chi connectivity index (χ4v) is 2.83. The molecule has 1 aliphatic carbocycles. The van der Waals surface area contributed by atoms with Gasteiger partial charge in [-0.1, -0.05) is 31.4 Å². The number of nitrogens with zero attached hydrogens (tertiary/aromatic N) is 4. The number of aromatic nitrogens is 4. The summed E-state index contributed by atoms with van der Waals surface area (Å²) in [5.41, 5.74) is 5.09. The summed E-state index contributed by atoms with van der Waals surface area (Å²) in [6, 6.07) is 10.0. The summed E-state index contributed by atoms with van der Waals surface area (Å²) in [7, 11) is 3.57. The Hall–Kier alpha value is -1.81. The van der Waals surface area contributed by atoms with Gasteiger partial charge in [0.05, 0.1) is 34.8 Å². The molecule has 26 heavy (non-hydrogen) atoms. The van der Waals surface area contributed by atoms with Crippen molar-refractivity contribution >= 4 is 27.8 Å². The molecule has 0 unspecified atom stereocenters. The van der Waals surface area contributed by atoms with Crippen molar-refractivity contribution in [2.45, 2.75) is 19.3 Å². The number of aryl methyl sites for hydroxylation is 1. The zero-order valence-electron chi connectivity index (χ0n) is 14.9. The van der Waals surface area contributed by atoms with Crippen LogP contribution in [0.5, 0.6) is 0 Å². The molecule has 0 amide bonds. The molecule has 1 aromatic carbocycles. The van der Waals surface area contributed by atoms with Crippen molar-refractivity contribution in [1.29, 1.82) is 0 Å². The third-order valence-electron chi connectivity index (χ3n) is 4.33. The zero-order chi connectivity index (χ0) is 17.4. The molecule has 2 N–H and O–H groups in total. The summed E-state index contributed by atoms with van der Waals surface area (Å²) in [6.07, 6.45) is 7.97. The van der Waals surface area contributed by atoms with Gasteiger partial charge in [0.15, 0.2) is 5.82 Å². The van der Waals surface area contributed by atoms with Gasteiger partial charge in [0.25, 0.3) is 0 Å². The maximum Gasteiger partial charge on any atom is 0.152 e. The van der Waals surface area contributed by atoms with E-state index in [1.807, 2.05) is 25.2 Å². The normalized spacial score (nSPS) is 12.4. The topological polar surface area (TPSA) is 70.0 Å². The van der Waals surface area contributed by atoms with Gasteiger partial charge >= 0.3 is 0 Å². The van der Waals surface area contributed by atoms with Crippen LogP contribution < -0.4 is 5.06 Å². The molecule has 0 bridgehead atoms. The van der Waals surface area contributed by atoms with Crippen LogP contribution in [0, 0.1) is 31.1 Å². The number of benzene rings is 1. The molecule has 132 valence electrons. The number of rotatable bonds is 2. The molecule has 0 spiro atoms. The maximum absolute atomic E-state index is 9.54. The van der Waals surface area contributed by atoms with Crippen LogP contribution in [-0.4, -0.2) is 31.8 Å². The van der Waals surface area contributed by atoms with Crippen molar-refractivity contribution in [3.05, 3.63) is 42.9 Å². The predicted molar refractivity (Wildman–Crippen MR) is 99.8 cm³/mol. The van der Waals surface area contributed by atoms with Gasteiger partial charge in [0.1, 0.15) is 0 Å². The van der Waals surface area contributed by atoms with E-state index >= 15 is 0 Å². The number of para-hydroxylation sites is 1. The summed E-state index contributed by atoms with van der Waals surface area (Å²) in [6.45, 7) is 0. The molecule has 3 heterocycles. The van der Waals surface area contributed by atoms with Crippen molar-refractivity contribution in [2.75, 3.05) is 12.1 Å². The zero-order valence-corrected chi connectivity index (χ0v) is 19.1. The average Bonchev–Trinajstić information content (AvgIpc) is 3.36. The van der Waals surface area contributed by atoms with E-state index in [0.29, 0.717) is 5.82 Å². The molecular weight excluding hydrogens is 552 g/mol. The van der Waals surface area contributed by atoms with Gasteiger partial charge in [-0.25, -0.2) is 15.0 Å². The van der Waals surface area contributed by atoms with E-state index in [4.69, 9.17) is 0 Å². The summed E-state index contributed by atoms with van der Waals surface area (Å²) in [5, 5.41) is 11.6. The number of hydrogen-bond acceptors (Lipinski definition) is 4. The second-order valence-corrected chi connectivity index (χ2v) is 6.38. The number of hydroxylamine groups is 1. The smallest absolute Gasteiger partial charge is 0.152 e. The minimum absolute atomic E-state index is 0. The Kier molecular flexibility index (Phi) is 5.71. The second-order valence-electron chi connectivity index (χ2n) is 6.38. The molecule has 0 atom stereocenters. The van der Waals surface area contributed by atoms with E-state index in [-0.39, 0.29) is 31.1 Å². The quantitative estimate of drug-likeness (QED) is 0.355. The van der Waals surface area contributed by atoms with Crippen LogP contribution >= 0.6 is 0 Å². The van der Waals surface area contributed by atoms with Gasteiger partial charge < -0.3 is 9.55 Å². The average molecular weight is 573 g/mol. The van der Waals surface area contributed by atoms with Crippen LogP contribution in [0.1, 0.15) is 19.3 Å². The van der Waals surface area contributed by atoms with Crippen LogP contribution in [0.3, 0.4) is 0 Å². The summed E-state index contributed by atoms with van der Waals surface area (Å²) < 4.78 is 2.09. The van der Waals surface area contributed by atoms with Crippen LogP contribution in [0.25, 0.3) is 33.2 Å². The van der Waals surface area contributed by atoms with Crippen molar-refractivity contribution in [1.82, 2.24) is 19.5 Å². The van der Waals surface area contributed by atoms with Gasteiger partial charge in [0, 0.05) is 56.2 Å². The number of fused-ring (bicyclic) bond motifs is 2. The molecule has 6 nitrogen and oxygen atoms in total. The predicted octanol–water partition coefficient (Wildman–Crippen LogP) is 4.11. The first-order valence-electron chi connectivity index (χ1n) is 8.45. The minimum atomic E-state index is 0. The Morgan fingerprint density at radius 1 is 1.15 bits per heavy atom. The van der Waals surface area contributed by atoms with E-state index in [0.717, 1.165) is 38.3 Å². The Morgan fingerprint density at radius 2 is 1.92 bits per heavy atom. The first-order valence-corrected chi connectivity index (χ1v) is 8.45. The molecule has 0 saturated heterocycles. The molecule has 0 radical (unpaired) electrons. The number of hydrogen-bond donors (Lipinski definition) is 2. The van der Waals surface area contributed by atoms with Gasteiger partial charge in [-0.15, -0.1) is 0 Å². The van der Waals surface area contributed by atoms with Crippen molar-refractivity contribution in [3.63, 3.8) is 0 Å². The van der Waals surface area contributed by atoms with Crippen molar-refractivity contribution < 1.29 is 36.3 Å². The molecule has 4 aromatic rings. The molecule has 1 aliphatic rings. The van der Waals surface area contributed by atoms with E-state index in [2.05, 4.69) is 31.7 Å². The van der Waals surface area contributed by atoms with E-state index in [1.54, 1.807) is 19.6 Å². The van der Waals surface area contributed by atoms with Crippen molar-refractivity contribution in [2.24, 2.45) is 7.05 Å². The largest absolute Gasteiger partial charge is 0.345 e. The maximum atomic E-state index is 9.54. The standard InChI is InChI=1S/C16H15N5O.C3H6.U/c1-20-13(11-4-3-5-12-16(11)19-9-18-12)6-10-7-15(21(2)22)17-8-14(10)20;1-2-3-1;/h3-9,22H,1-2H3,(H,18,19);1-3H2;. The monoisotopic (exact) mass is 573 g/mol. The summed E-state index contributed by atoms with van der Waals surface area (Å²) in [5.74, 6) is 0.516. The van der Waals surface area contributed by atoms with Gasteiger partial charge in [-0.2, -0.15) is 0 Å². The van der Waals surface area contributed by atoms with Crippen LogP contribution in [0.2, 0.25) is 0 Å². The number of aromatic amines is 1. The molecule has 3 aromatic heterocycles. The third-order valence-corrected chi connectivity index (χ3v) is 4.33. The summed E-state index contributed by atoms with van der Waals surface area (Å²) in [4.78, 5) is 11.8. The third kappa shape index (κ3) is 3.66. The van der Waals surface area contributed by atoms with Gasteiger partial charge in [-0.3, -0.25) is 5.21 Å². The van der Waals surface area contributed by atoms with Gasteiger partial charge in [-0.05, 0) is 18.2 Å². The SMILES string of the molecule is C1CC1.CN(O)c1cc2cc(-c3cccc4[nH]cnc34)n(C)c2cn1.[U]. The minimum Gasteiger partial charge on any atom is -0.345 e. The van der Waals surface area contributed by atoms with Crippen LogP contribution in [-0.2, 0) is 7.05 Å². The van der Waals surface area contributed by atoms with Crippen LogP contribution in [0.4, 0.5) is 5.82 Å². The molecule has 7 heteroatoms. The molecule has 1 fully saturated rings. The Balaban J connectivity index is 0.000000447. The Bertz CT molecular complexity index is 1030. The first-order chi connectivity index (χ1) is 12.1. The molecule has 1 saturated carbocycles. The van der Waals surface area contributed by atoms with E-state index in [1.165, 1.54) is 19.3 Å². The fraction of sp³-hybridized carbons (Fsp3) is 0.263. The van der Waals surface area contributed by atoms with Gasteiger partial charge in [0.2, 0.25) is 0 Å². The van der Waals surface area contributed by atoms with Crippen LogP contribution in [0.15, 0.2) is 42.9 Å². The molecular formula is C19H21N5OU. The first kappa shape index (κ1) is 19.0. The molecule has 0 aliphatic heterocycles. The second kappa shape index (κ2) is 7.83. The van der Waals surface area contributed by atoms with E-state index < -0.39 is 0 Å². The number of H-pyrrole nitrogens is 1. The number of imidazole rings is 1. The van der Waals surface area contributed by atoms with E-state index in [9.17, 15) is 5.21 Å². The molecule has 5 rings (SSSR count). The summed E-state index contributed by atoms with van der Waals surface area (Å²) >= 11 is 0. The number of nitrogens with one attached hydrogen (secondary N) is 1. The fourth-order valence-electron chi connectivity index (χ4n) is 2.83. The Labute approximate surface area is 175 Å².